The molecule has 0 atom stereocenters. The highest BCUT2D eigenvalue weighted by Gasteiger charge is 2.05. The smallest absolute Gasteiger partial charge is 0.254 e. The fraction of sp³-hybridized carbons (Fsp3) is 0.444. The van der Waals surface area contributed by atoms with Crippen LogP contribution in [0, 0.1) is 5.92 Å². The predicted octanol–water partition coefficient (Wildman–Crippen LogP) is 2.93. The Morgan fingerprint density at radius 2 is 1.95 bits per heavy atom. The summed E-state index contributed by atoms with van der Waals surface area (Å²) in [6.07, 6.45) is 4.19. The van der Waals surface area contributed by atoms with Gasteiger partial charge < -0.3 is 5.73 Å². The van der Waals surface area contributed by atoms with Crippen molar-refractivity contribution in [2.75, 3.05) is 5.73 Å². The van der Waals surface area contributed by atoms with Gasteiger partial charge in [0.15, 0.2) is 0 Å². The highest BCUT2D eigenvalue weighted by molar-refractivity contribution is 5.29. The van der Waals surface area contributed by atoms with Crippen LogP contribution in [0.2, 0.25) is 0 Å². The average Bonchev–Trinajstić information content (AvgIpc) is 2.45. The highest BCUT2D eigenvalue weighted by Crippen LogP contribution is 2.14. The summed E-state index contributed by atoms with van der Waals surface area (Å²) in [5, 5.41) is 0. The molecule has 0 aliphatic heterocycles. The molecule has 4 heteroatoms. The standard InChI is InChI=1S/C18H25N3O/c1-13(2)6-4-7-14-8-5-9-15(10-14)11-16-12-17(22)21(3)18(19)20-16/h5,8-10,12-13H,4,6-7,11H2,1-3H3,(H2,19,20). The van der Waals surface area contributed by atoms with Crippen LogP contribution in [0.15, 0.2) is 35.1 Å². The van der Waals surface area contributed by atoms with E-state index in [0.717, 1.165) is 18.0 Å². The summed E-state index contributed by atoms with van der Waals surface area (Å²) in [6, 6.07) is 10.1. The summed E-state index contributed by atoms with van der Waals surface area (Å²) in [7, 11) is 1.63. The van der Waals surface area contributed by atoms with E-state index in [-0.39, 0.29) is 11.5 Å². The maximum absolute atomic E-state index is 11.8. The van der Waals surface area contributed by atoms with Crippen LogP contribution >= 0.6 is 0 Å². The lowest BCUT2D eigenvalue weighted by molar-refractivity contribution is 0.556. The molecule has 0 amide bonds. The van der Waals surface area contributed by atoms with Gasteiger partial charge in [0.25, 0.3) is 5.56 Å². The van der Waals surface area contributed by atoms with Crippen molar-refractivity contribution in [1.82, 2.24) is 9.55 Å². The molecular weight excluding hydrogens is 274 g/mol. The van der Waals surface area contributed by atoms with E-state index in [1.807, 2.05) is 0 Å². The minimum absolute atomic E-state index is 0.115. The van der Waals surface area contributed by atoms with E-state index in [9.17, 15) is 4.79 Å². The molecule has 0 bridgehead atoms. The van der Waals surface area contributed by atoms with E-state index in [4.69, 9.17) is 5.73 Å². The van der Waals surface area contributed by atoms with E-state index < -0.39 is 0 Å². The number of aromatic nitrogens is 2. The molecule has 0 aliphatic rings. The van der Waals surface area contributed by atoms with E-state index in [1.165, 1.54) is 28.5 Å². The molecular formula is C18H25N3O. The van der Waals surface area contributed by atoms with Gasteiger partial charge in [0.05, 0.1) is 5.69 Å². The molecule has 1 heterocycles. The zero-order chi connectivity index (χ0) is 16.1. The van der Waals surface area contributed by atoms with Gasteiger partial charge in [-0.05, 0) is 29.9 Å². The lowest BCUT2D eigenvalue weighted by atomic mass is 10.00. The van der Waals surface area contributed by atoms with Gasteiger partial charge in [-0.1, -0.05) is 44.5 Å². The first-order chi connectivity index (χ1) is 10.5. The summed E-state index contributed by atoms with van der Waals surface area (Å²) in [5.74, 6) is 1.01. The second kappa shape index (κ2) is 7.25. The van der Waals surface area contributed by atoms with E-state index in [1.54, 1.807) is 13.1 Å². The molecule has 0 saturated heterocycles. The summed E-state index contributed by atoms with van der Waals surface area (Å²) in [6.45, 7) is 4.50. The minimum atomic E-state index is -0.115. The molecule has 4 nitrogen and oxygen atoms in total. The molecule has 22 heavy (non-hydrogen) atoms. The molecule has 2 aromatic rings. The average molecular weight is 299 g/mol. The van der Waals surface area contributed by atoms with E-state index in [0.29, 0.717) is 6.42 Å². The quantitative estimate of drug-likeness (QED) is 0.892. The van der Waals surface area contributed by atoms with Gasteiger partial charge in [-0.15, -0.1) is 0 Å². The maximum atomic E-state index is 11.8. The molecule has 0 fully saturated rings. The van der Waals surface area contributed by atoms with Crippen molar-refractivity contribution in [3.05, 3.63) is 57.5 Å². The zero-order valence-electron chi connectivity index (χ0n) is 13.7. The molecule has 0 radical (unpaired) electrons. The van der Waals surface area contributed by atoms with Crippen LogP contribution in [0.3, 0.4) is 0 Å². The number of aryl methyl sites for hydroxylation is 1. The number of hydrogen-bond acceptors (Lipinski definition) is 3. The maximum Gasteiger partial charge on any atom is 0.254 e. The first-order valence-corrected chi connectivity index (χ1v) is 7.86. The van der Waals surface area contributed by atoms with Crippen LogP contribution in [0.5, 0.6) is 0 Å². The Morgan fingerprint density at radius 1 is 1.23 bits per heavy atom. The number of rotatable bonds is 6. The van der Waals surface area contributed by atoms with E-state index >= 15 is 0 Å². The normalized spacial score (nSPS) is 11.1. The number of hydrogen-bond donors (Lipinski definition) is 1. The number of nitrogens with zero attached hydrogens (tertiary/aromatic N) is 2. The molecule has 1 aromatic heterocycles. The SMILES string of the molecule is CC(C)CCCc1cccc(Cc2cc(=O)n(C)c(N)n2)c1. The van der Waals surface area contributed by atoms with Crippen LogP contribution < -0.4 is 11.3 Å². The monoisotopic (exact) mass is 299 g/mol. The third-order valence-corrected chi connectivity index (χ3v) is 3.85. The molecule has 1 aromatic carbocycles. The van der Waals surface area contributed by atoms with Crippen molar-refractivity contribution in [2.45, 2.75) is 39.5 Å². The van der Waals surface area contributed by atoms with Crippen molar-refractivity contribution in [2.24, 2.45) is 13.0 Å². The van der Waals surface area contributed by atoms with Crippen molar-refractivity contribution in [3.8, 4) is 0 Å². The highest BCUT2D eigenvalue weighted by atomic mass is 16.1. The van der Waals surface area contributed by atoms with Crippen molar-refractivity contribution in [1.29, 1.82) is 0 Å². The minimum Gasteiger partial charge on any atom is -0.369 e. The summed E-state index contributed by atoms with van der Waals surface area (Å²) < 4.78 is 1.35. The number of anilines is 1. The van der Waals surface area contributed by atoms with Crippen LogP contribution in [0.1, 0.15) is 43.5 Å². The Hall–Kier alpha value is -2.10. The Bertz CT molecular complexity index is 689. The van der Waals surface area contributed by atoms with Crippen molar-refractivity contribution in [3.63, 3.8) is 0 Å². The topological polar surface area (TPSA) is 60.9 Å². The Kier molecular flexibility index (Phi) is 5.36. The number of benzene rings is 1. The van der Waals surface area contributed by atoms with Crippen molar-refractivity contribution >= 4 is 5.95 Å². The lowest BCUT2D eigenvalue weighted by Crippen LogP contribution is -2.21. The Labute approximate surface area is 132 Å². The lowest BCUT2D eigenvalue weighted by Gasteiger charge is -2.08. The van der Waals surface area contributed by atoms with Gasteiger partial charge in [0, 0.05) is 19.5 Å². The molecule has 2 rings (SSSR count). The van der Waals surface area contributed by atoms with Gasteiger partial charge in [-0.2, -0.15) is 0 Å². The first kappa shape index (κ1) is 16.3. The molecule has 0 unspecified atom stereocenters. The second-order valence-electron chi connectivity index (χ2n) is 6.29. The largest absolute Gasteiger partial charge is 0.369 e. The number of nitrogens with two attached hydrogens (primary N) is 1. The van der Waals surface area contributed by atoms with Gasteiger partial charge >= 0.3 is 0 Å². The zero-order valence-corrected chi connectivity index (χ0v) is 13.7. The molecule has 118 valence electrons. The summed E-state index contributed by atoms with van der Waals surface area (Å²) >= 11 is 0. The molecule has 0 aliphatic carbocycles. The van der Waals surface area contributed by atoms with Gasteiger partial charge in [-0.25, -0.2) is 4.98 Å². The second-order valence-corrected chi connectivity index (χ2v) is 6.29. The number of nitrogen functional groups attached to an aromatic ring is 1. The van der Waals surface area contributed by atoms with Crippen molar-refractivity contribution < 1.29 is 0 Å². The summed E-state index contributed by atoms with van der Waals surface area (Å²) in [5.41, 5.74) is 8.87. The Morgan fingerprint density at radius 3 is 2.64 bits per heavy atom. The van der Waals surface area contributed by atoms with E-state index in [2.05, 4.69) is 43.1 Å². The summed E-state index contributed by atoms with van der Waals surface area (Å²) in [4.78, 5) is 16.1. The fourth-order valence-electron chi connectivity index (χ4n) is 2.52. The fourth-order valence-corrected chi connectivity index (χ4v) is 2.52. The van der Waals surface area contributed by atoms with Gasteiger partial charge in [0.2, 0.25) is 5.95 Å². The van der Waals surface area contributed by atoms with Crippen LogP contribution in [-0.2, 0) is 19.9 Å². The first-order valence-electron chi connectivity index (χ1n) is 7.86. The van der Waals surface area contributed by atoms with Crippen LogP contribution in [0.4, 0.5) is 5.95 Å². The third kappa shape index (κ3) is 4.45. The third-order valence-electron chi connectivity index (χ3n) is 3.85. The van der Waals surface area contributed by atoms with Gasteiger partial charge in [0.1, 0.15) is 0 Å². The molecule has 0 spiro atoms. The molecule has 0 saturated carbocycles. The van der Waals surface area contributed by atoms with Gasteiger partial charge in [-0.3, -0.25) is 9.36 Å². The Balaban J connectivity index is 2.08. The van der Waals surface area contributed by atoms with Crippen LogP contribution in [0.25, 0.3) is 0 Å². The molecule has 2 N–H and O–H groups in total. The van der Waals surface area contributed by atoms with Crippen LogP contribution in [-0.4, -0.2) is 9.55 Å². The predicted molar refractivity (Wildman–Crippen MR) is 90.9 cm³/mol.